The van der Waals surface area contributed by atoms with Gasteiger partial charge >= 0.3 is 5.97 Å². The lowest BCUT2D eigenvalue weighted by Crippen LogP contribution is -2.09. The van der Waals surface area contributed by atoms with Crippen LogP contribution < -0.4 is 14.2 Å². The van der Waals surface area contributed by atoms with Gasteiger partial charge in [0.1, 0.15) is 17.2 Å². The summed E-state index contributed by atoms with van der Waals surface area (Å²) in [4.78, 5) is 13.0. The molecule has 2 aliphatic rings. The van der Waals surface area contributed by atoms with Crippen LogP contribution in [-0.2, 0) is 4.74 Å². The summed E-state index contributed by atoms with van der Waals surface area (Å²) in [7, 11) is 0. The van der Waals surface area contributed by atoms with Gasteiger partial charge in [-0.05, 0) is 90.0 Å². The van der Waals surface area contributed by atoms with E-state index in [0.29, 0.717) is 30.6 Å². The molecule has 0 radical (unpaired) electrons. The SMILES string of the molecule is CCCCCCCCOc1ccc(OC(=O)c2ccc3c(c2)C(C)c2cc(OCCCC4CO4)ccc2-3)cc1. The smallest absolute Gasteiger partial charge is 0.343 e. The first-order chi connectivity index (χ1) is 19.1. The fourth-order valence-corrected chi connectivity index (χ4v) is 5.27. The zero-order valence-corrected chi connectivity index (χ0v) is 23.2. The first kappa shape index (κ1) is 27.3. The van der Waals surface area contributed by atoms with Crippen molar-refractivity contribution in [2.75, 3.05) is 19.8 Å². The highest BCUT2D eigenvalue weighted by molar-refractivity contribution is 5.93. The number of hydrogen-bond donors (Lipinski definition) is 0. The normalized spacial score (nSPS) is 16.9. The van der Waals surface area contributed by atoms with Crippen LogP contribution in [0.15, 0.2) is 60.7 Å². The summed E-state index contributed by atoms with van der Waals surface area (Å²) in [5.74, 6) is 2.02. The number of ether oxygens (including phenoxy) is 4. The number of benzene rings is 3. The number of esters is 1. The zero-order valence-electron chi connectivity index (χ0n) is 23.2. The van der Waals surface area contributed by atoms with Crippen molar-refractivity contribution >= 4 is 5.97 Å². The van der Waals surface area contributed by atoms with Crippen LogP contribution in [0.2, 0.25) is 0 Å². The van der Waals surface area contributed by atoms with E-state index in [-0.39, 0.29) is 11.9 Å². The van der Waals surface area contributed by atoms with Crippen molar-refractivity contribution in [3.63, 3.8) is 0 Å². The summed E-state index contributed by atoms with van der Waals surface area (Å²) in [5.41, 5.74) is 5.29. The van der Waals surface area contributed by atoms with Gasteiger partial charge < -0.3 is 18.9 Å². The van der Waals surface area contributed by atoms with Crippen molar-refractivity contribution < 1.29 is 23.7 Å². The Hall–Kier alpha value is -3.31. The van der Waals surface area contributed by atoms with Crippen LogP contribution in [0.3, 0.4) is 0 Å². The minimum atomic E-state index is -0.356. The number of carbonyl (C=O) groups excluding carboxylic acids is 1. The lowest BCUT2D eigenvalue weighted by molar-refractivity contribution is 0.0734. The summed E-state index contributed by atoms with van der Waals surface area (Å²) in [5, 5.41) is 0. The Morgan fingerprint density at radius 2 is 1.38 bits per heavy atom. The van der Waals surface area contributed by atoms with Gasteiger partial charge in [-0.2, -0.15) is 0 Å². The molecule has 206 valence electrons. The third kappa shape index (κ3) is 7.21. The van der Waals surface area contributed by atoms with Crippen molar-refractivity contribution in [1.82, 2.24) is 0 Å². The summed E-state index contributed by atoms with van der Waals surface area (Å²) < 4.78 is 22.8. The quantitative estimate of drug-likeness (QED) is 0.0859. The molecule has 0 bridgehead atoms. The first-order valence-corrected chi connectivity index (χ1v) is 14.6. The fourth-order valence-electron chi connectivity index (χ4n) is 5.27. The van der Waals surface area contributed by atoms with E-state index < -0.39 is 0 Å². The molecule has 3 aromatic carbocycles. The second kappa shape index (κ2) is 13.2. The molecule has 5 rings (SSSR count). The van der Waals surface area contributed by atoms with E-state index in [1.54, 1.807) is 12.1 Å². The van der Waals surface area contributed by atoms with E-state index in [0.717, 1.165) is 42.9 Å². The van der Waals surface area contributed by atoms with Gasteiger partial charge in [-0.1, -0.05) is 58.1 Å². The number of carbonyl (C=O) groups is 1. The third-order valence-electron chi connectivity index (χ3n) is 7.68. The van der Waals surface area contributed by atoms with E-state index in [4.69, 9.17) is 18.9 Å². The lowest BCUT2D eigenvalue weighted by atomic mass is 9.98. The maximum atomic E-state index is 13.0. The van der Waals surface area contributed by atoms with Crippen LogP contribution in [0, 0.1) is 0 Å². The lowest BCUT2D eigenvalue weighted by Gasteiger charge is -2.11. The van der Waals surface area contributed by atoms with Gasteiger partial charge in [0, 0.05) is 5.92 Å². The Labute approximate surface area is 232 Å². The molecule has 1 fully saturated rings. The molecule has 1 heterocycles. The maximum Gasteiger partial charge on any atom is 0.343 e. The molecule has 1 saturated heterocycles. The van der Waals surface area contributed by atoms with Crippen LogP contribution in [-0.4, -0.2) is 31.9 Å². The standard InChI is InChI=1S/C34H40O5/c1-3-4-5-6-7-8-19-36-26-12-14-27(15-13-26)39-34(35)25-11-17-30-31-18-16-28(37-20-9-10-29-23-38-29)22-33(31)24(2)32(30)21-25/h11-18,21-22,24,29H,3-10,19-20,23H2,1-2H3. The molecule has 0 saturated carbocycles. The Balaban J connectivity index is 1.13. The van der Waals surface area contributed by atoms with Gasteiger partial charge in [-0.15, -0.1) is 0 Å². The van der Waals surface area contributed by atoms with E-state index in [1.807, 2.05) is 36.4 Å². The molecular weight excluding hydrogens is 488 g/mol. The average Bonchev–Trinajstić information content (AvgIpc) is 3.75. The highest BCUT2D eigenvalue weighted by Gasteiger charge is 2.27. The highest BCUT2D eigenvalue weighted by atomic mass is 16.6. The van der Waals surface area contributed by atoms with Gasteiger partial charge in [-0.3, -0.25) is 0 Å². The van der Waals surface area contributed by atoms with Gasteiger partial charge in [-0.25, -0.2) is 4.79 Å². The molecule has 39 heavy (non-hydrogen) atoms. The van der Waals surface area contributed by atoms with Gasteiger partial charge in [0.25, 0.3) is 0 Å². The number of unbranched alkanes of at least 4 members (excludes halogenated alkanes) is 5. The van der Waals surface area contributed by atoms with Crippen molar-refractivity contribution in [3.8, 4) is 28.4 Å². The van der Waals surface area contributed by atoms with Crippen molar-refractivity contribution in [3.05, 3.63) is 77.4 Å². The Morgan fingerprint density at radius 3 is 2.15 bits per heavy atom. The molecule has 0 spiro atoms. The van der Waals surface area contributed by atoms with Crippen molar-refractivity contribution in [2.45, 2.75) is 77.2 Å². The van der Waals surface area contributed by atoms with Gasteiger partial charge in [0.15, 0.2) is 0 Å². The van der Waals surface area contributed by atoms with E-state index in [1.165, 1.54) is 48.8 Å². The first-order valence-electron chi connectivity index (χ1n) is 14.6. The average molecular weight is 529 g/mol. The van der Waals surface area contributed by atoms with E-state index in [2.05, 4.69) is 26.0 Å². The van der Waals surface area contributed by atoms with E-state index in [9.17, 15) is 4.79 Å². The molecule has 5 nitrogen and oxygen atoms in total. The third-order valence-corrected chi connectivity index (χ3v) is 7.68. The molecule has 5 heteroatoms. The Morgan fingerprint density at radius 1 is 0.769 bits per heavy atom. The van der Waals surface area contributed by atoms with Crippen LogP contribution >= 0.6 is 0 Å². The topological polar surface area (TPSA) is 57.3 Å². The zero-order chi connectivity index (χ0) is 27.0. The molecular formula is C34H40O5. The molecule has 2 atom stereocenters. The summed E-state index contributed by atoms with van der Waals surface area (Å²) in [6.45, 7) is 6.71. The second-order valence-corrected chi connectivity index (χ2v) is 10.7. The van der Waals surface area contributed by atoms with Crippen LogP contribution in [0.25, 0.3) is 11.1 Å². The largest absolute Gasteiger partial charge is 0.494 e. The number of epoxide rings is 1. The van der Waals surface area contributed by atoms with Crippen LogP contribution in [0.5, 0.6) is 17.2 Å². The van der Waals surface area contributed by atoms with Crippen molar-refractivity contribution in [2.24, 2.45) is 0 Å². The van der Waals surface area contributed by atoms with E-state index >= 15 is 0 Å². The Bertz CT molecular complexity index is 1240. The maximum absolute atomic E-state index is 13.0. The number of hydrogen-bond acceptors (Lipinski definition) is 5. The molecule has 1 aliphatic carbocycles. The van der Waals surface area contributed by atoms with Crippen molar-refractivity contribution in [1.29, 1.82) is 0 Å². The predicted molar refractivity (Wildman–Crippen MR) is 154 cm³/mol. The monoisotopic (exact) mass is 528 g/mol. The molecule has 1 aliphatic heterocycles. The minimum Gasteiger partial charge on any atom is -0.494 e. The Kier molecular flexibility index (Phi) is 9.20. The molecule has 3 aromatic rings. The summed E-state index contributed by atoms with van der Waals surface area (Å²) in [6.07, 6.45) is 9.91. The van der Waals surface area contributed by atoms with Crippen LogP contribution in [0.4, 0.5) is 0 Å². The van der Waals surface area contributed by atoms with Gasteiger partial charge in [0.2, 0.25) is 0 Å². The minimum absolute atomic E-state index is 0.175. The molecule has 2 unspecified atom stereocenters. The second-order valence-electron chi connectivity index (χ2n) is 10.7. The van der Waals surface area contributed by atoms with Crippen LogP contribution in [0.1, 0.15) is 92.6 Å². The summed E-state index contributed by atoms with van der Waals surface area (Å²) in [6, 6.07) is 19.5. The molecule has 0 aromatic heterocycles. The highest BCUT2D eigenvalue weighted by Crippen LogP contribution is 2.46. The number of rotatable bonds is 15. The van der Waals surface area contributed by atoms with Gasteiger partial charge in [0.05, 0.1) is 31.5 Å². The summed E-state index contributed by atoms with van der Waals surface area (Å²) >= 11 is 0. The molecule has 0 amide bonds. The number of fused-ring (bicyclic) bond motifs is 3. The molecule has 0 N–H and O–H groups in total. The predicted octanol–water partition coefficient (Wildman–Crippen LogP) is 8.34. The fraction of sp³-hybridized carbons (Fsp3) is 0.441.